The monoisotopic (exact) mass is 576 g/mol. The number of hydrogen-bond donors (Lipinski definition) is 7. The van der Waals surface area contributed by atoms with Crippen molar-refractivity contribution in [2.45, 2.75) is 24.5 Å². The van der Waals surface area contributed by atoms with Crippen molar-refractivity contribution in [3.63, 3.8) is 0 Å². The SMILES string of the molecule is CNc1ccccc1C(=O)O[C@@H]1C(O)[C@H](n2cnc3c(=O)[nH]c(N)nc32)O[C@@H]1COP(=O)(O)OP(=O)(O)O. The molecule has 0 bridgehead atoms. The van der Waals surface area contributed by atoms with Crippen molar-refractivity contribution in [2.75, 3.05) is 24.7 Å². The van der Waals surface area contributed by atoms with Crippen LogP contribution in [-0.4, -0.2) is 77.2 Å². The van der Waals surface area contributed by atoms with Crippen LogP contribution in [0.2, 0.25) is 0 Å². The molecule has 1 saturated heterocycles. The number of carbonyl (C=O) groups excluding carboxylic acids is 1. The second-order valence-corrected chi connectivity index (χ2v) is 10.7. The van der Waals surface area contributed by atoms with Gasteiger partial charge in [-0.1, -0.05) is 12.1 Å². The van der Waals surface area contributed by atoms with Crippen molar-refractivity contribution in [3.05, 3.63) is 46.5 Å². The number of aliphatic hydroxyl groups is 1. The summed E-state index contributed by atoms with van der Waals surface area (Å²) in [7, 11) is -9.17. The fourth-order valence-corrected chi connectivity index (χ4v) is 5.35. The molecule has 1 aliphatic heterocycles. The van der Waals surface area contributed by atoms with Crippen LogP contribution in [0.25, 0.3) is 11.2 Å². The minimum Gasteiger partial charge on any atom is -0.453 e. The van der Waals surface area contributed by atoms with E-state index in [9.17, 15) is 28.7 Å². The van der Waals surface area contributed by atoms with Gasteiger partial charge in [0.1, 0.15) is 12.2 Å². The molecule has 1 aromatic carbocycles. The Bertz CT molecular complexity index is 1500. The molecule has 3 heterocycles. The number of aromatic nitrogens is 4. The molecular formula is C18H22N6O12P2. The van der Waals surface area contributed by atoms with E-state index >= 15 is 0 Å². The van der Waals surface area contributed by atoms with Crippen LogP contribution < -0.4 is 16.6 Å². The maximum atomic E-state index is 13.0. The average molecular weight is 576 g/mol. The van der Waals surface area contributed by atoms with Crippen LogP contribution in [0.15, 0.2) is 35.4 Å². The summed E-state index contributed by atoms with van der Waals surface area (Å²) < 4.78 is 43.6. The molecule has 38 heavy (non-hydrogen) atoms. The Hall–Kier alpha value is -3.18. The highest BCUT2D eigenvalue weighted by molar-refractivity contribution is 7.60. The molecular weight excluding hydrogens is 554 g/mol. The molecule has 0 aliphatic carbocycles. The Balaban J connectivity index is 1.66. The Morgan fingerprint density at radius 2 is 2.00 bits per heavy atom. The van der Waals surface area contributed by atoms with Crippen LogP contribution in [-0.2, 0) is 27.4 Å². The smallest absolute Gasteiger partial charge is 0.453 e. The van der Waals surface area contributed by atoms with E-state index in [1.165, 1.54) is 6.07 Å². The molecule has 206 valence electrons. The molecule has 3 aromatic rings. The summed E-state index contributed by atoms with van der Waals surface area (Å²) in [5, 5.41) is 13.9. The number of imidazole rings is 1. The summed E-state index contributed by atoms with van der Waals surface area (Å²) in [6.07, 6.45) is -5.07. The quantitative estimate of drug-likeness (QED) is 0.124. The first-order valence-corrected chi connectivity index (χ1v) is 13.6. The van der Waals surface area contributed by atoms with Crippen molar-refractivity contribution in [3.8, 4) is 0 Å². The van der Waals surface area contributed by atoms with Crippen molar-refractivity contribution in [1.29, 1.82) is 0 Å². The number of aliphatic hydroxyl groups excluding tert-OH is 1. The number of H-pyrrole nitrogens is 1. The molecule has 0 saturated carbocycles. The number of nitrogens with two attached hydrogens (primary N) is 1. The van der Waals surface area contributed by atoms with Crippen molar-refractivity contribution >= 4 is 44.4 Å². The van der Waals surface area contributed by atoms with Crippen molar-refractivity contribution in [1.82, 2.24) is 19.5 Å². The molecule has 4 rings (SSSR count). The highest BCUT2D eigenvalue weighted by Gasteiger charge is 2.49. The van der Waals surface area contributed by atoms with Gasteiger partial charge in [0.25, 0.3) is 5.56 Å². The molecule has 2 unspecified atom stereocenters. The van der Waals surface area contributed by atoms with E-state index in [1.54, 1.807) is 25.2 Å². The maximum Gasteiger partial charge on any atom is 0.481 e. The van der Waals surface area contributed by atoms with E-state index in [0.29, 0.717) is 5.69 Å². The van der Waals surface area contributed by atoms with Gasteiger partial charge in [-0.05, 0) is 12.1 Å². The lowest BCUT2D eigenvalue weighted by molar-refractivity contribution is -0.0520. The van der Waals surface area contributed by atoms with Crippen molar-refractivity contribution in [2.24, 2.45) is 0 Å². The number of benzene rings is 1. The standard InChI is InChI=1S/C18H22N6O12P2/c1-20-9-5-3-2-4-8(9)17(27)35-13-10(6-33-38(31,32)36-37(28,29)30)34-16(12(13)25)24-7-21-11-14(24)22-18(19)23-15(11)26/h2-5,7,10,12-13,16,20,25H,6H2,1H3,(H,31,32)(H2,28,29,30)(H3,19,22,23,26)/t10-,12?,13+,16-/m1/s1. The van der Waals surface area contributed by atoms with Crippen LogP contribution >= 0.6 is 15.6 Å². The van der Waals surface area contributed by atoms with Gasteiger partial charge in [-0.3, -0.25) is 18.9 Å². The summed E-state index contributed by atoms with van der Waals surface area (Å²) in [6, 6.07) is 6.26. The third-order valence-electron chi connectivity index (χ3n) is 5.31. The number of fused-ring (bicyclic) bond motifs is 1. The summed E-state index contributed by atoms with van der Waals surface area (Å²) >= 11 is 0. The zero-order valence-corrected chi connectivity index (χ0v) is 21.1. The molecule has 2 aromatic heterocycles. The predicted molar refractivity (Wildman–Crippen MR) is 127 cm³/mol. The normalized spacial score (nSPS) is 23.3. The summed E-state index contributed by atoms with van der Waals surface area (Å²) in [6.45, 7) is -0.935. The van der Waals surface area contributed by atoms with Crippen LogP contribution in [0.5, 0.6) is 0 Å². The molecule has 1 fully saturated rings. The molecule has 1 aliphatic rings. The lowest BCUT2D eigenvalue weighted by atomic mass is 10.1. The Morgan fingerprint density at radius 3 is 2.68 bits per heavy atom. The van der Waals surface area contributed by atoms with Gasteiger partial charge in [0.05, 0.1) is 18.5 Å². The van der Waals surface area contributed by atoms with Crippen LogP contribution in [0.4, 0.5) is 11.6 Å². The average Bonchev–Trinajstić information content (AvgIpc) is 3.37. The van der Waals surface area contributed by atoms with E-state index < -0.39 is 58.3 Å². The largest absolute Gasteiger partial charge is 0.481 e. The third-order valence-corrected chi connectivity index (χ3v) is 7.46. The van der Waals surface area contributed by atoms with E-state index in [-0.39, 0.29) is 22.7 Å². The first-order valence-electron chi connectivity index (χ1n) is 10.6. The number of hydrogen-bond acceptors (Lipinski definition) is 13. The maximum absolute atomic E-state index is 13.0. The van der Waals surface area contributed by atoms with Gasteiger partial charge in [0, 0.05) is 12.7 Å². The molecule has 0 spiro atoms. The van der Waals surface area contributed by atoms with Gasteiger partial charge in [-0.15, -0.1) is 0 Å². The number of phosphoric ester groups is 1. The Labute approximate surface area is 212 Å². The lowest BCUT2D eigenvalue weighted by Gasteiger charge is -2.22. The summed E-state index contributed by atoms with van der Waals surface area (Å²) in [5.41, 5.74) is 5.15. The molecule has 18 nitrogen and oxygen atoms in total. The minimum absolute atomic E-state index is 0.0806. The number of nitrogen functional groups attached to an aromatic ring is 1. The number of phosphoric acid groups is 2. The fraction of sp³-hybridized carbons (Fsp3) is 0.333. The molecule has 5 atom stereocenters. The second-order valence-electron chi connectivity index (χ2n) is 7.83. The number of esters is 1. The zero-order valence-electron chi connectivity index (χ0n) is 19.3. The lowest BCUT2D eigenvalue weighted by Crippen LogP contribution is -2.38. The molecule has 8 N–H and O–H groups in total. The minimum atomic E-state index is -5.42. The van der Waals surface area contributed by atoms with E-state index in [1.807, 2.05) is 0 Å². The molecule has 0 radical (unpaired) electrons. The summed E-state index contributed by atoms with van der Waals surface area (Å²) in [5.74, 6) is -1.18. The highest BCUT2D eigenvalue weighted by Crippen LogP contribution is 2.57. The van der Waals surface area contributed by atoms with E-state index in [2.05, 4.69) is 29.1 Å². The number of rotatable bonds is 9. The highest BCUT2D eigenvalue weighted by atomic mass is 31.3. The van der Waals surface area contributed by atoms with E-state index in [0.717, 1.165) is 10.9 Å². The predicted octanol–water partition coefficient (Wildman–Crippen LogP) is -0.546. The van der Waals surface area contributed by atoms with Crippen molar-refractivity contribution < 1.29 is 52.0 Å². The van der Waals surface area contributed by atoms with Gasteiger partial charge >= 0.3 is 21.6 Å². The number of carbonyl (C=O) groups is 1. The number of nitrogens with zero attached hydrogens (tertiary/aromatic N) is 3. The first kappa shape index (κ1) is 27.8. The van der Waals surface area contributed by atoms with Crippen LogP contribution in [0, 0.1) is 0 Å². The number of para-hydroxylation sites is 1. The number of anilines is 2. The number of ether oxygens (including phenoxy) is 2. The second kappa shape index (κ2) is 10.5. The van der Waals surface area contributed by atoms with E-state index in [4.69, 9.17) is 25.0 Å². The van der Waals surface area contributed by atoms with Gasteiger partial charge in [0.15, 0.2) is 23.5 Å². The first-order chi connectivity index (χ1) is 17.8. The van der Waals surface area contributed by atoms with Gasteiger partial charge in [0.2, 0.25) is 5.95 Å². The topological polar surface area (TPSA) is 271 Å². The fourth-order valence-electron chi connectivity index (χ4n) is 3.75. The van der Waals surface area contributed by atoms with Gasteiger partial charge in [-0.2, -0.15) is 9.29 Å². The van der Waals surface area contributed by atoms with Gasteiger partial charge in [-0.25, -0.2) is 18.9 Å². The summed E-state index contributed by atoms with van der Waals surface area (Å²) in [4.78, 5) is 62.5. The Kier molecular flexibility index (Phi) is 7.72. The number of aromatic amines is 1. The van der Waals surface area contributed by atoms with Gasteiger partial charge < -0.3 is 40.3 Å². The molecule has 0 amide bonds. The third kappa shape index (κ3) is 5.94. The van der Waals surface area contributed by atoms with Crippen LogP contribution in [0.3, 0.4) is 0 Å². The zero-order chi connectivity index (χ0) is 27.8. The molecule has 20 heteroatoms. The van der Waals surface area contributed by atoms with Crippen LogP contribution in [0.1, 0.15) is 16.6 Å². The Morgan fingerprint density at radius 1 is 1.29 bits per heavy atom. The number of nitrogens with one attached hydrogen (secondary N) is 2.